The highest BCUT2D eigenvalue weighted by atomic mass is 16.2. The molecule has 0 spiro atoms. The van der Waals surface area contributed by atoms with Gasteiger partial charge in [0.05, 0.1) is 17.1 Å². The summed E-state index contributed by atoms with van der Waals surface area (Å²) in [6.07, 6.45) is 2.60. The summed E-state index contributed by atoms with van der Waals surface area (Å²) in [6.45, 7) is 8.80. The van der Waals surface area contributed by atoms with Gasteiger partial charge in [0.2, 0.25) is 5.91 Å². The Kier molecular flexibility index (Phi) is 4.65. The Morgan fingerprint density at radius 3 is 2.70 bits per heavy atom. The van der Waals surface area contributed by atoms with Crippen LogP contribution in [0.3, 0.4) is 0 Å². The van der Waals surface area contributed by atoms with Gasteiger partial charge in [-0.25, -0.2) is 0 Å². The summed E-state index contributed by atoms with van der Waals surface area (Å²) in [6, 6.07) is 0.743. The van der Waals surface area contributed by atoms with E-state index in [0.29, 0.717) is 12.2 Å². The number of nitrogen functional groups attached to an aromatic ring is 1. The molecule has 1 aliphatic rings. The van der Waals surface area contributed by atoms with Gasteiger partial charge < -0.3 is 11.1 Å². The Labute approximate surface area is 120 Å². The molecule has 0 unspecified atom stereocenters. The van der Waals surface area contributed by atoms with Crippen molar-refractivity contribution in [3.63, 3.8) is 0 Å². The van der Waals surface area contributed by atoms with Gasteiger partial charge in [0.25, 0.3) is 0 Å². The first-order valence-corrected chi connectivity index (χ1v) is 7.33. The lowest BCUT2D eigenvalue weighted by atomic mass is 10.3. The summed E-state index contributed by atoms with van der Waals surface area (Å²) in [5.74, 6) is -0.0116. The summed E-state index contributed by atoms with van der Waals surface area (Å²) < 4.78 is 1.67. The van der Waals surface area contributed by atoms with Crippen LogP contribution in [0, 0.1) is 13.8 Å². The van der Waals surface area contributed by atoms with Gasteiger partial charge in [-0.05, 0) is 33.2 Å². The predicted molar refractivity (Wildman–Crippen MR) is 79.4 cm³/mol. The fourth-order valence-corrected chi connectivity index (χ4v) is 2.43. The van der Waals surface area contributed by atoms with Crippen LogP contribution in [0.25, 0.3) is 0 Å². The quantitative estimate of drug-likeness (QED) is 0.769. The number of nitrogens with two attached hydrogens (primary N) is 1. The molecular weight excluding hydrogens is 254 g/mol. The first-order chi connectivity index (χ1) is 9.52. The second kappa shape index (κ2) is 6.26. The van der Waals surface area contributed by atoms with Gasteiger partial charge >= 0.3 is 0 Å². The molecule has 6 heteroatoms. The second-order valence-corrected chi connectivity index (χ2v) is 5.45. The molecule has 0 atom stereocenters. The van der Waals surface area contributed by atoms with Gasteiger partial charge in [-0.15, -0.1) is 0 Å². The molecule has 0 radical (unpaired) electrons. The van der Waals surface area contributed by atoms with Crippen LogP contribution in [-0.2, 0) is 11.3 Å². The van der Waals surface area contributed by atoms with Crippen molar-refractivity contribution in [1.82, 2.24) is 20.0 Å². The Balaban J connectivity index is 1.76. The van der Waals surface area contributed by atoms with Crippen molar-refractivity contribution in [2.24, 2.45) is 0 Å². The van der Waals surface area contributed by atoms with Crippen molar-refractivity contribution < 1.29 is 4.79 Å². The highest BCUT2D eigenvalue weighted by molar-refractivity contribution is 5.75. The summed E-state index contributed by atoms with van der Waals surface area (Å²) >= 11 is 0. The number of amides is 1. The van der Waals surface area contributed by atoms with Crippen molar-refractivity contribution in [3.05, 3.63) is 11.4 Å². The summed E-state index contributed by atoms with van der Waals surface area (Å²) in [4.78, 5) is 14.3. The van der Waals surface area contributed by atoms with E-state index in [1.54, 1.807) is 4.68 Å². The van der Waals surface area contributed by atoms with E-state index >= 15 is 0 Å². The van der Waals surface area contributed by atoms with E-state index in [1.807, 2.05) is 13.8 Å². The fourth-order valence-electron chi connectivity index (χ4n) is 2.43. The fraction of sp³-hybridized carbons (Fsp3) is 0.714. The number of aryl methyl sites for hydroxylation is 1. The van der Waals surface area contributed by atoms with E-state index in [0.717, 1.165) is 30.5 Å². The van der Waals surface area contributed by atoms with Gasteiger partial charge in [-0.3, -0.25) is 14.4 Å². The normalized spacial score (nSPS) is 14.8. The Bertz CT molecular complexity index is 478. The minimum Gasteiger partial charge on any atom is -0.396 e. The summed E-state index contributed by atoms with van der Waals surface area (Å²) in [7, 11) is 0. The molecule has 1 fully saturated rings. The van der Waals surface area contributed by atoms with Crippen LogP contribution in [0.15, 0.2) is 0 Å². The number of carbonyl (C=O) groups excluding carboxylic acids is 1. The molecule has 1 aliphatic carbocycles. The third-order valence-corrected chi connectivity index (χ3v) is 3.92. The molecule has 2 rings (SSSR count). The van der Waals surface area contributed by atoms with E-state index < -0.39 is 0 Å². The molecule has 1 saturated carbocycles. The lowest BCUT2D eigenvalue weighted by Crippen LogP contribution is -2.37. The van der Waals surface area contributed by atoms with Crippen LogP contribution >= 0.6 is 0 Å². The van der Waals surface area contributed by atoms with Crippen molar-refractivity contribution in [1.29, 1.82) is 0 Å². The number of hydrogen-bond donors (Lipinski definition) is 2. The second-order valence-electron chi connectivity index (χ2n) is 5.45. The first kappa shape index (κ1) is 14.8. The highest BCUT2D eigenvalue weighted by Gasteiger charge is 2.27. The van der Waals surface area contributed by atoms with E-state index in [1.165, 1.54) is 12.8 Å². The van der Waals surface area contributed by atoms with Crippen LogP contribution in [0.1, 0.15) is 31.2 Å². The van der Waals surface area contributed by atoms with Crippen LogP contribution in [0.5, 0.6) is 0 Å². The Morgan fingerprint density at radius 2 is 2.20 bits per heavy atom. The van der Waals surface area contributed by atoms with Crippen LogP contribution in [0.2, 0.25) is 0 Å². The lowest BCUT2D eigenvalue weighted by molar-refractivity contribution is -0.121. The molecule has 1 heterocycles. The molecule has 1 amide bonds. The van der Waals surface area contributed by atoms with Crippen molar-refractivity contribution >= 4 is 11.6 Å². The monoisotopic (exact) mass is 279 g/mol. The minimum atomic E-state index is -0.0116. The zero-order valence-corrected chi connectivity index (χ0v) is 12.6. The van der Waals surface area contributed by atoms with Crippen molar-refractivity contribution in [2.45, 2.75) is 46.2 Å². The standard InChI is InChI=1S/C14H25N5O/c1-4-18(12-5-6-12)8-7-16-13(20)9-19-11(3)14(15)10(2)17-19/h12H,4-9,15H2,1-3H3,(H,16,20). The van der Waals surface area contributed by atoms with Gasteiger partial charge in [-0.1, -0.05) is 6.92 Å². The van der Waals surface area contributed by atoms with Crippen LogP contribution in [0.4, 0.5) is 5.69 Å². The van der Waals surface area contributed by atoms with E-state index in [2.05, 4.69) is 22.2 Å². The van der Waals surface area contributed by atoms with Gasteiger partial charge in [-0.2, -0.15) is 5.10 Å². The van der Waals surface area contributed by atoms with Crippen LogP contribution < -0.4 is 11.1 Å². The molecule has 3 N–H and O–H groups in total. The molecular formula is C14H25N5O. The van der Waals surface area contributed by atoms with Gasteiger partial charge in [0.1, 0.15) is 6.54 Å². The minimum absolute atomic E-state index is 0.0116. The maximum Gasteiger partial charge on any atom is 0.241 e. The maximum absolute atomic E-state index is 11.9. The molecule has 0 aliphatic heterocycles. The first-order valence-electron chi connectivity index (χ1n) is 7.33. The summed E-state index contributed by atoms with van der Waals surface area (Å²) in [5.41, 5.74) is 8.16. The number of hydrogen-bond acceptors (Lipinski definition) is 4. The zero-order valence-electron chi connectivity index (χ0n) is 12.6. The topological polar surface area (TPSA) is 76.2 Å². The van der Waals surface area contributed by atoms with Gasteiger partial charge in [0, 0.05) is 19.1 Å². The third kappa shape index (κ3) is 3.50. The Morgan fingerprint density at radius 1 is 1.50 bits per heavy atom. The SMILES string of the molecule is CCN(CCNC(=O)Cn1nc(C)c(N)c1C)C1CC1. The number of likely N-dealkylation sites (N-methyl/N-ethyl adjacent to an activating group) is 1. The number of rotatable bonds is 7. The molecule has 0 saturated heterocycles. The third-order valence-electron chi connectivity index (χ3n) is 3.92. The largest absolute Gasteiger partial charge is 0.396 e. The van der Waals surface area contributed by atoms with Gasteiger partial charge in [0.15, 0.2) is 0 Å². The summed E-state index contributed by atoms with van der Waals surface area (Å²) in [5, 5.41) is 7.22. The Hall–Kier alpha value is -1.56. The number of anilines is 1. The predicted octanol–water partition coefficient (Wildman–Crippen LogP) is 0.683. The van der Waals surface area contributed by atoms with Crippen molar-refractivity contribution in [3.8, 4) is 0 Å². The number of aromatic nitrogens is 2. The number of nitrogens with zero attached hydrogens (tertiary/aromatic N) is 3. The average molecular weight is 279 g/mol. The molecule has 1 aromatic rings. The smallest absolute Gasteiger partial charge is 0.241 e. The van der Waals surface area contributed by atoms with Crippen LogP contribution in [-0.4, -0.2) is 46.3 Å². The maximum atomic E-state index is 11.9. The molecule has 6 nitrogen and oxygen atoms in total. The molecule has 20 heavy (non-hydrogen) atoms. The van der Waals surface area contributed by atoms with Crippen molar-refractivity contribution in [2.75, 3.05) is 25.4 Å². The zero-order chi connectivity index (χ0) is 14.7. The van der Waals surface area contributed by atoms with E-state index in [4.69, 9.17) is 5.73 Å². The molecule has 112 valence electrons. The number of carbonyl (C=O) groups is 1. The van der Waals surface area contributed by atoms with E-state index in [-0.39, 0.29) is 12.5 Å². The lowest BCUT2D eigenvalue weighted by Gasteiger charge is -2.19. The molecule has 0 bridgehead atoms. The number of nitrogens with one attached hydrogen (secondary N) is 1. The molecule has 0 aromatic carbocycles. The van der Waals surface area contributed by atoms with E-state index in [9.17, 15) is 4.79 Å². The highest BCUT2D eigenvalue weighted by Crippen LogP contribution is 2.25. The average Bonchev–Trinajstić information content (AvgIpc) is 3.22. The molecule has 1 aromatic heterocycles.